The summed E-state index contributed by atoms with van der Waals surface area (Å²) in [5, 5.41) is 7.46. The van der Waals surface area contributed by atoms with Crippen LogP contribution in [0.5, 0.6) is 6.08 Å². The molecule has 1 amide bonds. The Labute approximate surface area is 79.3 Å². The third-order valence-electron chi connectivity index (χ3n) is 1.10. The lowest BCUT2D eigenvalue weighted by Crippen LogP contribution is -2.25. The molecule has 0 bridgehead atoms. The number of carbonyl (C=O) groups excluding carboxylic acids is 1. The Kier molecular flexibility index (Phi) is 3.13. The zero-order chi connectivity index (χ0) is 9.84. The second kappa shape index (κ2) is 4.13. The van der Waals surface area contributed by atoms with Crippen LogP contribution in [-0.2, 0) is 0 Å². The lowest BCUT2D eigenvalue weighted by atomic mass is 10.9. The van der Waals surface area contributed by atoms with Crippen molar-refractivity contribution < 1.29 is 13.9 Å². The number of thioether (sulfide) groups is 1. The van der Waals surface area contributed by atoms with E-state index in [9.17, 15) is 4.79 Å². The molecule has 1 heterocycles. The maximum absolute atomic E-state index is 11.0. The first-order valence-corrected chi connectivity index (χ1v) is 4.62. The molecule has 0 saturated heterocycles. The minimum Gasteiger partial charge on any atom is -0.383 e. The molecule has 72 valence electrons. The Hall–Kier alpha value is -1.24. The van der Waals surface area contributed by atoms with Gasteiger partial charge in [0.15, 0.2) is 0 Å². The van der Waals surface area contributed by atoms with Crippen molar-refractivity contribution in [3.63, 3.8) is 0 Å². The maximum atomic E-state index is 11.0. The average molecular weight is 203 g/mol. The second-order valence-electron chi connectivity index (χ2n) is 2.30. The molecule has 0 atom stereocenters. The standard InChI is InChI=1S/C6H9N3O3S/c1-9(2)6(10)12-4-7-8-5(11-4)13-3/h1-3H3. The molecule has 0 aromatic carbocycles. The SMILES string of the molecule is CSc1nnc(OC(=O)N(C)C)o1. The van der Waals surface area contributed by atoms with Crippen LogP contribution in [0.15, 0.2) is 9.64 Å². The molecule has 0 unspecified atom stereocenters. The van der Waals surface area contributed by atoms with Crippen LogP contribution in [0.3, 0.4) is 0 Å². The Bertz CT molecular complexity index is 299. The van der Waals surface area contributed by atoms with E-state index < -0.39 is 6.09 Å². The average Bonchev–Trinajstić information content (AvgIpc) is 2.52. The predicted molar refractivity (Wildman–Crippen MR) is 45.8 cm³/mol. The fraction of sp³-hybridized carbons (Fsp3) is 0.500. The van der Waals surface area contributed by atoms with Crippen LogP contribution in [0.1, 0.15) is 0 Å². The summed E-state index contributed by atoms with van der Waals surface area (Å²) in [4.78, 5) is 12.2. The Morgan fingerprint density at radius 3 is 2.69 bits per heavy atom. The molecule has 0 saturated carbocycles. The molecule has 0 fully saturated rings. The molecule has 1 aromatic rings. The molecular weight excluding hydrogens is 194 g/mol. The highest BCUT2D eigenvalue weighted by Gasteiger charge is 2.12. The van der Waals surface area contributed by atoms with Crippen molar-refractivity contribution in [3.05, 3.63) is 0 Å². The molecule has 13 heavy (non-hydrogen) atoms. The Morgan fingerprint density at radius 1 is 1.54 bits per heavy atom. The lowest BCUT2D eigenvalue weighted by molar-refractivity contribution is 0.153. The molecule has 1 rings (SSSR count). The van der Waals surface area contributed by atoms with Crippen LogP contribution in [0.2, 0.25) is 0 Å². The third kappa shape index (κ3) is 2.62. The molecule has 0 aliphatic rings. The molecular formula is C6H9N3O3S. The van der Waals surface area contributed by atoms with Crippen molar-refractivity contribution in [2.24, 2.45) is 0 Å². The molecule has 6 nitrogen and oxygen atoms in total. The summed E-state index contributed by atoms with van der Waals surface area (Å²) in [6.45, 7) is 0. The summed E-state index contributed by atoms with van der Waals surface area (Å²) in [5.41, 5.74) is 0. The number of carbonyl (C=O) groups is 1. The molecule has 0 spiro atoms. The molecule has 0 aliphatic carbocycles. The van der Waals surface area contributed by atoms with E-state index in [0.29, 0.717) is 5.22 Å². The van der Waals surface area contributed by atoms with Crippen LogP contribution in [0, 0.1) is 0 Å². The van der Waals surface area contributed by atoms with Gasteiger partial charge in [-0.2, -0.15) is 0 Å². The van der Waals surface area contributed by atoms with Crippen molar-refractivity contribution in [3.8, 4) is 6.08 Å². The van der Waals surface area contributed by atoms with Crippen molar-refractivity contribution in [1.29, 1.82) is 0 Å². The summed E-state index contributed by atoms with van der Waals surface area (Å²) in [5.74, 6) is 0. The van der Waals surface area contributed by atoms with Crippen LogP contribution >= 0.6 is 11.8 Å². The fourth-order valence-corrected chi connectivity index (χ4v) is 0.764. The second-order valence-corrected chi connectivity index (χ2v) is 3.06. The first-order chi connectivity index (χ1) is 6.13. The Balaban J connectivity index is 2.59. The summed E-state index contributed by atoms with van der Waals surface area (Å²) in [6.07, 6.45) is 1.10. The summed E-state index contributed by atoms with van der Waals surface area (Å²) in [7, 11) is 3.13. The highest BCUT2D eigenvalue weighted by atomic mass is 32.2. The molecule has 1 aromatic heterocycles. The quantitative estimate of drug-likeness (QED) is 0.664. The van der Waals surface area contributed by atoms with Crippen LogP contribution < -0.4 is 4.74 Å². The highest BCUT2D eigenvalue weighted by molar-refractivity contribution is 7.98. The third-order valence-corrected chi connectivity index (χ3v) is 1.62. The number of hydrogen-bond donors (Lipinski definition) is 0. The highest BCUT2D eigenvalue weighted by Crippen LogP contribution is 2.16. The number of aromatic nitrogens is 2. The van der Waals surface area contributed by atoms with Gasteiger partial charge >= 0.3 is 12.2 Å². The van der Waals surface area contributed by atoms with E-state index in [1.54, 1.807) is 20.4 Å². The van der Waals surface area contributed by atoms with E-state index in [4.69, 9.17) is 9.15 Å². The topological polar surface area (TPSA) is 68.5 Å². The molecule has 0 aliphatic heterocycles. The van der Waals surface area contributed by atoms with Crippen molar-refractivity contribution >= 4 is 17.9 Å². The van der Waals surface area contributed by atoms with Gasteiger partial charge in [-0.05, 0) is 6.26 Å². The van der Waals surface area contributed by atoms with Crippen molar-refractivity contribution in [2.75, 3.05) is 20.4 Å². The first kappa shape index (κ1) is 9.85. The normalized spacial score (nSPS) is 9.77. The number of hydrogen-bond acceptors (Lipinski definition) is 6. The summed E-state index contributed by atoms with van der Waals surface area (Å²) >= 11 is 1.28. The Morgan fingerprint density at radius 2 is 2.23 bits per heavy atom. The summed E-state index contributed by atoms with van der Waals surface area (Å²) < 4.78 is 9.62. The predicted octanol–water partition coefficient (Wildman–Crippen LogP) is 0.852. The van der Waals surface area contributed by atoms with Crippen molar-refractivity contribution in [1.82, 2.24) is 15.1 Å². The van der Waals surface area contributed by atoms with Gasteiger partial charge in [0, 0.05) is 14.1 Å². The molecule has 0 N–H and O–H groups in total. The van der Waals surface area contributed by atoms with Gasteiger partial charge in [0.2, 0.25) is 0 Å². The van der Waals surface area contributed by atoms with E-state index in [1.807, 2.05) is 0 Å². The van der Waals surface area contributed by atoms with Crippen LogP contribution in [0.25, 0.3) is 0 Å². The van der Waals surface area contributed by atoms with Gasteiger partial charge in [-0.3, -0.25) is 0 Å². The number of nitrogens with zero attached hydrogens (tertiary/aromatic N) is 3. The van der Waals surface area contributed by atoms with Gasteiger partial charge < -0.3 is 14.1 Å². The molecule has 0 radical (unpaired) electrons. The van der Waals surface area contributed by atoms with Gasteiger partial charge in [0.1, 0.15) is 0 Å². The zero-order valence-electron chi connectivity index (χ0n) is 7.47. The maximum Gasteiger partial charge on any atom is 0.424 e. The number of ether oxygens (including phenoxy) is 1. The minimum absolute atomic E-state index is 0.136. The van der Waals surface area contributed by atoms with Gasteiger partial charge in [-0.15, -0.1) is 0 Å². The van der Waals surface area contributed by atoms with Crippen molar-refractivity contribution in [2.45, 2.75) is 5.22 Å². The van der Waals surface area contributed by atoms with E-state index in [-0.39, 0.29) is 6.08 Å². The van der Waals surface area contributed by atoms with Crippen LogP contribution in [0.4, 0.5) is 4.79 Å². The lowest BCUT2D eigenvalue weighted by Gasteiger charge is -2.06. The first-order valence-electron chi connectivity index (χ1n) is 3.40. The monoisotopic (exact) mass is 203 g/mol. The van der Waals surface area contributed by atoms with Crippen LogP contribution in [-0.4, -0.2) is 41.5 Å². The largest absolute Gasteiger partial charge is 0.424 e. The van der Waals surface area contributed by atoms with Gasteiger partial charge in [0.25, 0.3) is 5.22 Å². The van der Waals surface area contributed by atoms with E-state index in [2.05, 4.69) is 10.2 Å². The van der Waals surface area contributed by atoms with E-state index in [1.165, 1.54) is 16.7 Å². The number of rotatable bonds is 2. The van der Waals surface area contributed by atoms with Gasteiger partial charge in [-0.1, -0.05) is 22.0 Å². The van der Waals surface area contributed by atoms with E-state index in [0.717, 1.165) is 0 Å². The fourth-order valence-electron chi connectivity index (χ4n) is 0.487. The molecule has 7 heteroatoms. The smallest absolute Gasteiger partial charge is 0.383 e. The van der Waals surface area contributed by atoms with Gasteiger partial charge in [0.05, 0.1) is 0 Å². The van der Waals surface area contributed by atoms with Gasteiger partial charge in [-0.25, -0.2) is 4.79 Å². The number of amides is 1. The summed E-state index contributed by atoms with van der Waals surface area (Å²) in [6, 6.07) is 0. The minimum atomic E-state index is -0.545. The van der Waals surface area contributed by atoms with E-state index >= 15 is 0 Å². The zero-order valence-corrected chi connectivity index (χ0v) is 8.29.